The van der Waals surface area contributed by atoms with Gasteiger partial charge >= 0.3 is 0 Å². The van der Waals surface area contributed by atoms with E-state index in [2.05, 4.69) is 42.2 Å². The van der Waals surface area contributed by atoms with Crippen LogP contribution in [0, 0.1) is 0 Å². The third-order valence-electron chi connectivity index (χ3n) is 4.36. The maximum absolute atomic E-state index is 6.03. The number of ether oxygens (including phenoxy) is 1. The molecule has 21 heavy (non-hydrogen) atoms. The molecule has 1 fully saturated rings. The van der Waals surface area contributed by atoms with E-state index in [-0.39, 0.29) is 0 Å². The van der Waals surface area contributed by atoms with Crippen LogP contribution in [0.3, 0.4) is 0 Å². The summed E-state index contributed by atoms with van der Waals surface area (Å²) in [7, 11) is 0. The second kappa shape index (κ2) is 9.19. The van der Waals surface area contributed by atoms with Crippen LogP contribution in [-0.2, 0) is 11.2 Å². The van der Waals surface area contributed by atoms with Gasteiger partial charge in [-0.2, -0.15) is 0 Å². The van der Waals surface area contributed by atoms with Crippen LogP contribution >= 0.6 is 0 Å². The Morgan fingerprint density at radius 2 is 2.14 bits per heavy atom. The zero-order valence-corrected chi connectivity index (χ0v) is 13.3. The van der Waals surface area contributed by atoms with E-state index in [4.69, 9.17) is 10.5 Å². The smallest absolute Gasteiger partial charge is 0.0702 e. The summed E-state index contributed by atoms with van der Waals surface area (Å²) in [5.74, 6) is 0. The fourth-order valence-electron chi connectivity index (χ4n) is 3.15. The first-order valence-electron chi connectivity index (χ1n) is 8.43. The Hall–Kier alpha value is -0.900. The zero-order valence-electron chi connectivity index (χ0n) is 13.3. The van der Waals surface area contributed by atoms with Crippen molar-refractivity contribution in [2.45, 2.75) is 51.2 Å². The number of aryl methyl sites for hydroxylation is 1. The Labute approximate surface area is 129 Å². The van der Waals surface area contributed by atoms with Gasteiger partial charge in [-0.3, -0.25) is 4.90 Å². The SMILES string of the molecule is CCCOC1CCCN(C(CN)CCc2ccccc2)C1. The first-order valence-corrected chi connectivity index (χ1v) is 8.43. The Kier molecular flexibility index (Phi) is 7.20. The quantitative estimate of drug-likeness (QED) is 0.800. The first-order chi connectivity index (χ1) is 10.3. The maximum atomic E-state index is 6.03. The second-order valence-electron chi connectivity index (χ2n) is 6.04. The molecular formula is C18H30N2O. The van der Waals surface area contributed by atoms with Crippen LogP contribution in [0.25, 0.3) is 0 Å². The maximum Gasteiger partial charge on any atom is 0.0702 e. The topological polar surface area (TPSA) is 38.5 Å². The lowest BCUT2D eigenvalue weighted by Crippen LogP contribution is -2.48. The lowest BCUT2D eigenvalue weighted by atomic mass is 10.0. The van der Waals surface area contributed by atoms with E-state index in [1.54, 1.807) is 0 Å². The minimum Gasteiger partial charge on any atom is -0.377 e. The number of rotatable bonds is 8. The van der Waals surface area contributed by atoms with E-state index in [9.17, 15) is 0 Å². The highest BCUT2D eigenvalue weighted by molar-refractivity contribution is 5.14. The summed E-state index contributed by atoms with van der Waals surface area (Å²) in [6.07, 6.45) is 6.19. The predicted molar refractivity (Wildman–Crippen MR) is 88.4 cm³/mol. The number of likely N-dealkylation sites (tertiary alicyclic amines) is 1. The Morgan fingerprint density at radius 1 is 1.33 bits per heavy atom. The average molecular weight is 290 g/mol. The highest BCUT2D eigenvalue weighted by Crippen LogP contribution is 2.18. The molecule has 1 aromatic rings. The molecule has 0 aromatic heterocycles. The van der Waals surface area contributed by atoms with Gasteiger partial charge in [0.2, 0.25) is 0 Å². The van der Waals surface area contributed by atoms with Crippen molar-refractivity contribution in [1.82, 2.24) is 4.90 Å². The van der Waals surface area contributed by atoms with E-state index in [1.807, 2.05) is 0 Å². The molecule has 1 saturated heterocycles. The van der Waals surface area contributed by atoms with Gasteiger partial charge < -0.3 is 10.5 Å². The molecule has 118 valence electrons. The van der Waals surface area contributed by atoms with Crippen molar-refractivity contribution < 1.29 is 4.74 Å². The van der Waals surface area contributed by atoms with Crippen molar-refractivity contribution in [3.63, 3.8) is 0 Å². The van der Waals surface area contributed by atoms with Crippen LogP contribution in [-0.4, -0.2) is 43.3 Å². The minimum atomic E-state index is 0.407. The Balaban J connectivity index is 1.82. The lowest BCUT2D eigenvalue weighted by Gasteiger charge is -2.37. The summed E-state index contributed by atoms with van der Waals surface area (Å²) in [5, 5.41) is 0. The Morgan fingerprint density at radius 3 is 2.86 bits per heavy atom. The van der Waals surface area contributed by atoms with Crippen molar-refractivity contribution in [2.24, 2.45) is 5.73 Å². The van der Waals surface area contributed by atoms with Gasteiger partial charge in [0, 0.05) is 25.7 Å². The molecule has 2 atom stereocenters. The molecule has 0 aliphatic carbocycles. The number of piperidine rings is 1. The summed E-state index contributed by atoms with van der Waals surface area (Å²) in [5.41, 5.74) is 7.44. The van der Waals surface area contributed by atoms with Gasteiger partial charge in [0.25, 0.3) is 0 Å². The number of nitrogens with two attached hydrogens (primary N) is 1. The van der Waals surface area contributed by atoms with Gasteiger partial charge in [0.1, 0.15) is 0 Å². The van der Waals surface area contributed by atoms with Gasteiger partial charge in [-0.05, 0) is 44.2 Å². The molecule has 2 rings (SSSR count). The first kappa shape index (κ1) is 16.5. The summed E-state index contributed by atoms with van der Waals surface area (Å²) in [6.45, 7) is 6.02. The van der Waals surface area contributed by atoms with Crippen molar-refractivity contribution in [3.8, 4) is 0 Å². The lowest BCUT2D eigenvalue weighted by molar-refractivity contribution is -0.0124. The molecule has 0 radical (unpaired) electrons. The van der Waals surface area contributed by atoms with E-state index in [0.29, 0.717) is 12.1 Å². The molecule has 1 heterocycles. The highest BCUT2D eigenvalue weighted by atomic mass is 16.5. The number of hydrogen-bond donors (Lipinski definition) is 1. The number of nitrogens with zero attached hydrogens (tertiary/aromatic N) is 1. The molecule has 3 nitrogen and oxygen atoms in total. The van der Waals surface area contributed by atoms with E-state index in [1.165, 1.54) is 24.9 Å². The average Bonchev–Trinajstić information content (AvgIpc) is 2.55. The van der Waals surface area contributed by atoms with Gasteiger partial charge in [-0.25, -0.2) is 0 Å². The molecule has 0 bridgehead atoms. The Bertz CT molecular complexity index is 382. The van der Waals surface area contributed by atoms with Gasteiger partial charge in [-0.1, -0.05) is 37.3 Å². The zero-order chi connectivity index (χ0) is 14.9. The summed E-state index contributed by atoms with van der Waals surface area (Å²) < 4.78 is 5.94. The summed E-state index contributed by atoms with van der Waals surface area (Å²) >= 11 is 0. The molecule has 1 aromatic carbocycles. The van der Waals surface area contributed by atoms with Crippen molar-refractivity contribution >= 4 is 0 Å². The standard InChI is InChI=1S/C18H30N2O/c1-2-13-21-18-9-6-12-20(15-18)17(14-19)11-10-16-7-4-3-5-8-16/h3-5,7-8,17-18H,2,6,9-15,19H2,1H3. The largest absolute Gasteiger partial charge is 0.377 e. The van der Waals surface area contributed by atoms with E-state index < -0.39 is 0 Å². The van der Waals surface area contributed by atoms with Crippen LogP contribution in [0.1, 0.15) is 38.2 Å². The predicted octanol–water partition coefficient (Wildman–Crippen LogP) is 2.84. The molecule has 0 spiro atoms. The van der Waals surface area contributed by atoms with Crippen molar-refractivity contribution in [1.29, 1.82) is 0 Å². The summed E-state index contributed by atoms with van der Waals surface area (Å²) in [6, 6.07) is 11.2. The summed E-state index contributed by atoms with van der Waals surface area (Å²) in [4.78, 5) is 2.55. The fourth-order valence-corrected chi connectivity index (χ4v) is 3.15. The minimum absolute atomic E-state index is 0.407. The molecule has 1 aliphatic heterocycles. The van der Waals surface area contributed by atoms with Gasteiger partial charge in [-0.15, -0.1) is 0 Å². The van der Waals surface area contributed by atoms with E-state index in [0.717, 1.165) is 39.0 Å². The fraction of sp³-hybridized carbons (Fsp3) is 0.667. The van der Waals surface area contributed by atoms with Gasteiger partial charge in [0.15, 0.2) is 0 Å². The number of hydrogen-bond acceptors (Lipinski definition) is 3. The van der Waals surface area contributed by atoms with Crippen LogP contribution in [0.15, 0.2) is 30.3 Å². The van der Waals surface area contributed by atoms with E-state index >= 15 is 0 Å². The third kappa shape index (κ3) is 5.42. The monoisotopic (exact) mass is 290 g/mol. The van der Waals surface area contributed by atoms with Crippen LogP contribution in [0.5, 0.6) is 0 Å². The molecule has 1 aliphatic rings. The van der Waals surface area contributed by atoms with Crippen molar-refractivity contribution in [3.05, 3.63) is 35.9 Å². The van der Waals surface area contributed by atoms with Crippen LogP contribution in [0.4, 0.5) is 0 Å². The van der Waals surface area contributed by atoms with Gasteiger partial charge in [0.05, 0.1) is 6.10 Å². The molecule has 3 heteroatoms. The van der Waals surface area contributed by atoms with Crippen LogP contribution < -0.4 is 5.73 Å². The third-order valence-corrected chi connectivity index (χ3v) is 4.36. The second-order valence-corrected chi connectivity index (χ2v) is 6.04. The number of benzene rings is 1. The highest BCUT2D eigenvalue weighted by Gasteiger charge is 2.25. The van der Waals surface area contributed by atoms with Crippen LogP contribution in [0.2, 0.25) is 0 Å². The van der Waals surface area contributed by atoms with Crippen molar-refractivity contribution in [2.75, 3.05) is 26.2 Å². The molecule has 0 amide bonds. The molecule has 2 N–H and O–H groups in total. The molecule has 0 saturated carbocycles. The molecular weight excluding hydrogens is 260 g/mol. The molecule has 2 unspecified atom stereocenters. The normalized spacial score (nSPS) is 21.3.